The number of alkyl halides is 3. The van der Waals surface area contributed by atoms with Crippen molar-refractivity contribution < 1.29 is 13.2 Å². The number of halogens is 3. The molecule has 0 aliphatic rings. The fraction of sp³-hybridized carbons (Fsp3) is 0.438. The molecule has 0 amide bonds. The number of nitrogens with zero attached hydrogens (tertiary/aromatic N) is 1. The summed E-state index contributed by atoms with van der Waals surface area (Å²) in [4.78, 5) is 5.84. The van der Waals surface area contributed by atoms with Crippen molar-refractivity contribution in [2.24, 2.45) is 0 Å². The Morgan fingerprint density at radius 2 is 1.52 bits per heavy atom. The van der Waals surface area contributed by atoms with Crippen LogP contribution >= 0.6 is 11.3 Å². The van der Waals surface area contributed by atoms with E-state index in [1.165, 1.54) is 17.0 Å². The maximum atomic E-state index is 12.6. The van der Waals surface area contributed by atoms with E-state index < -0.39 is 11.7 Å². The van der Waals surface area contributed by atoms with Crippen molar-refractivity contribution in [1.82, 2.24) is 4.98 Å². The highest BCUT2D eigenvalue weighted by atomic mass is 32.1. The molecule has 1 nitrogen and oxygen atoms in total. The van der Waals surface area contributed by atoms with E-state index in [0.29, 0.717) is 11.8 Å². The lowest BCUT2D eigenvalue weighted by atomic mass is 10.0. The lowest BCUT2D eigenvalue weighted by Crippen LogP contribution is -2.03. The predicted octanol–water partition coefficient (Wildman–Crippen LogP) is 6.08. The number of aromatic nitrogens is 1. The van der Waals surface area contributed by atoms with Crippen LogP contribution in [0.15, 0.2) is 24.3 Å². The molecule has 0 radical (unpaired) electrons. The average Bonchev–Trinajstić information content (AvgIpc) is 2.83. The van der Waals surface area contributed by atoms with E-state index >= 15 is 0 Å². The molecule has 1 aromatic heterocycles. The third-order valence-electron chi connectivity index (χ3n) is 3.21. The topological polar surface area (TPSA) is 12.9 Å². The van der Waals surface area contributed by atoms with Gasteiger partial charge >= 0.3 is 6.18 Å². The Morgan fingerprint density at radius 1 is 0.952 bits per heavy atom. The van der Waals surface area contributed by atoms with Crippen molar-refractivity contribution >= 4 is 11.3 Å². The molecule has 0 fully saturated rings. The molecule has 0 saturated heterocycles. The minimum absolute atomic E-state index is 0.307. The van der Waals surface area contributed by atoms with Crippen LogP contribution in [0.5, 0.6) is 0 Å². The summed E-state index contributed by atoms with van der Waals surface area (Å²) in [6.07, 6.45) is -4.30. The van der Waals surface area contributed by atoms with E-state index in [9.17, 15) is 13.2 Å². The Balaban J connectivity index is 2.41. The fourth-order valence-electron chi connectivity index (χ4n) is 2.10. The summed E-state index contributed by atoms with van der Waals surface area (Å²) in [6, 6.07) is 5.22. The Bertz CT molecular complexity index is 584. The molecule has 0 bridgehead atoms. The zero-order chi connectivity index (χ0) is 15.8. The van der Waals surface area contributed by atoms with Gasteiger partial charge in [-0.1, -0.05) is 39.8 Å². The molecule has 1 heterocycles. The van der Waals surface area contributed by atoms with Gasteiger partial charge in [0.1, 0.15) is 5.01 Å². The third-order valence-corrected chi connectivity index (χ3v) is 4.63. The Kier molecular flexibility index (Phi) is 4.42. The van der Waals surface area contributed by atoms with E-state index in [4.69, 9.17) is 0 Å². The molecule has 0 N–H and O–H groups in total. The molecular formula is C16H18F3NS. The first kappa shape index (κ1) is 16.0. The van der Waals surface area contributed by atoms with Gasteiger partial charge in [-0.25, -0.2) is 4.98 Å². The molecule has 0 aliphatic carbocycles. The molecule has 0 aliphatic heterocycles. The van der Waals surface area contributed by atoms with Crippen LogP contribution in [-0.2, 0) is 6.18 Å². The Labute approximate surface area is 126 Å². The highest BCUT2D eigenvalue weighted by molar-refractivity contribution is 7.15. The van der Waals surface area contributed by atoms with Crippen LogP contribution in [0.25, 0.3) is 10.6 Å². The highest BCUT2D eigenvalue weighted by Crippen LogP contribution is 2.37. The van der Waals surface area contributed by atoms with Gasteiger partial charge in [0.05, 0.1) is 11.3 Å². The maximum absolute atomic E-state index is 12.6. The summed E-state index contributed by atoms with van der Waals surface area (Å²) in [5, 5.41) is 0.788. The number of rotatable bonds is 3. The first-order valence-electron chi connectivity index (χ1n) is 6.88. The first-order chi connectivity index (χ1) is 9.70. The minimum Gasteiger partial charge on any atom is -0.241 e. The van der Waals surface area contributed by atoms with Gasteiger partial charge in [0.15, 0.2) is 0 Å². The predicted molar refractivity (Wildman–Crippen MR) is 80.7 cm³/mol. The number of hydrogen-bond acceptors (Lipinski definition) is 2. The van der Waals surface area contributed by atoms with Crippen molar-refractivity contribution in [1.29, 1.82) is 0 Å². The quantitative estimate of drug-likeness (QED) is 0.669. The zero-order valence-electron chi connectivity index (χ0n) is 12.5. The van der Waals surface area contributed by atoms with Gasteiger partial charge in [0.25, 0.3) is 0 Å². The van der Waals surface area contributed by atoms with E-state index in [2.05, 4.69) is 32.7 Å². The fourth-order valence-corrected chi connectivity index (χ4v) is 3.32. The zero-order valence-corrected chi connectivity index (χ0v) is 13.3. The second-order valence-corrected chi connectivity index (χ2v) is 6.68. The van der Waals surface area contributed by atoms with E-state index in [1.54, 1.807) is 11.3 Å². The van der Waals surface area contributed by atoms with E-state index in [1.807, 2.05) is 0 Å². The lowest BCUT2D eigenvalue weighted by Gasteiger charge is -2.07. The van der Waals surface area contributed by atoms with Crippen molar-refractivity contribution in [3.63, 3.8) is 0 Å². The standard InChI is InChI=1S/C16H18F3NS/c1-9(2)13-14(10(3)4)21-15(20-13)11-5-7-12(8-6-11)16(17,18)19/h5-10H,1-4H3. The van der Waals surface area contributed by atoms with E-state index in [-0.39, 0.29) is 0 Å². The molecular weight excluding hydrogens is 295 g/mol. The van der Waals surface area contributed by atoms with Crippen LogP contribution in [-0.4, -0.2) is 4.98 Å². The van der Waals surface area contributed by atoms with Crippen molar-refractivity contribution in [2.75, 3.05) is 0 Å². The van der Waals surface area contributed by atoms with Gasteiger partial charge in [-0.3, -0.25) is 0 Å². The molecule has 114 valence electrons. The lowest BCUT2D eigenvalue weighted by molar-refractivity contribution is -0.137. The van der Waals surface area contributed by atoms with Crippen molar-refractivity contribution in [3.8, 4) is 10.6 Å². The van der Waals surface area contributed by atoms with Gasteiger partial charge in [0, 0.05) is 10.4 Å². The summed E-state index contributed by atoms with van der Waals surface area (Å²) >= 11 is 1.57. The van der Waals surface area contributed by atoms with Gasteiger partial charge in [-0.05, 0) is 24.0 Å². The molecule has 0 saturated carbocycles. The van der Waals surface area contributed by atoms with Crippen LogP contribution in [0.4, 0.5) is 13.2 Å². The first-order valence-corrected chi connectivity index (χ1v) is 7.70. The summed E-state index contributed by atoms with van der Waals surface area (Å²) in [7, 11) is 0. The minimum atomic E-state index is -4.30. The molecule has 2 aromatic rings. The van der Waals surface area contributed by atoms with Gasteiger partial charge in [-0.15, -0.1) is 11.3 Å². The summed E-state index contributed by atoms with van der Waals surface area (Å²) in [5.74, 6) is 0.671. The van der Waals surface area contributed by atoms with Crippen LogP contribution < -0.4 is 0 Å². The molecule has 0 atom stereocenters. The molecule has 0 unspecified atom stereocenters. The van der Waals surface area contributed by atoms with E-state index in [0.717, 1.165) is 28.4 Å². The van der Waals surface area contributed by atoms with Gasteiger partial charge < -0.3 is 0 Å². The van der Waals surface area contributed by atoms with Crippen LogP contribution in [0.2, 0.25) is 0 Å². The number of thiazole rings is 1. The Morgan fingerprint density at radius 3 is 1.90 bits per heavy atom. The molecule has 5 heteroatoms. The average molecular weight is 313 g/mol. The van der Waals surface area contributed by atoms with Crippen LogP contribution in [0.3, 0.4) is 0 Å². The molecule has 0 spiro atoms. The molecule has 21 heavy (non-hydrogen) atoms. The molecule has 1 aromatic carbocycles. The van der Waals surface area contributed by atoms with Gasteiger partial charge in [0.2, 0.25) is 0 Å². The highest BCUT2D eigenvalue weighted by Gasteiger charge is 2.30. The number of hydrogen-bond donors (Lipinski definition) is 0. The van der Waals surface area contributed by atoms with Gasteiger partial charge in [-0.2, -0.15) is 13.2 Å². The summed E-state index contributed by atoms with van der Waals surface area (Å²) in [6.45, 7) is 8.38. The largest absolute Gasteiger partial charge is 0.416 e. The SMILES string of the molecule is CC(C)c1nc(-c2ccc(C(F)(F)F)cc2)sc1C(C)C. The second-order valence-electron chi connectivity index (χ2n) is 5.65. The van der Waals surface area contributed by atoms with Crippen LogP contribution in [0.1, 0.15) is 55.7 Å². The second kappa shape index (κ2) is 5.79. The maximum Gasteiger partial charge on any atom is 0.416 e. The third kappa shape index (κ3) is 3.46. The monoisotopic (exact) mass is 313 g/mol. The summed E-state index contributed by atoms with van der Waals surface area (Å²) < 4.78 is 37.8. The smallest absolute Gasteiger partial charge is 0.241 e. The van der Waals surface area contributed by atoms with Crippen molar-refractivity contribution in [2.45, 2.75) is 45.7 Å². The summed E-state index contributed by atoms with van der Waals surface area (Å²) in [5.41, 5.74) is 1.16. The molecule has 2 rings (SSSR count). The normalized spacial score (nSPS) is 12.4. The Hall–Kier alpha value is -1.36. The van der Waals surface area contributed by atoms with Crippen molar-refractivity contribution in [3.05, 3.63) is 40.4 Å². The van der Waals surface area contributed by atoms with Crippen LogP contribution in [0, 0.1) is 0 Å². The number of benzene rings is 1.